The molecular weight excluding hydrogens is 460 g/mol. The van der Waals surface area contributed by atoms with E-state index < -0.39 is 0 Å². The first-order valence-electron chi connectivity index (χ1n) is 10.4. The van der Waals surface area contributed by atoms with Gasteiger partial charge < -0.3 is 20.8 Å². The topological polar surface area (TPSA) is 100 Å². The van der Waals surface area contributed by atoms with Gasteiger partial charge >= 0.3 is 0 Å². The Labute approximate surface area is 191 Å². The summed E-state index contributed by atoms with van der Waals surface area (Å²) in [7, 11) is 0. The number of fused-ring (bicyclic) bond motifs is 1. The molecule has 7 nitrogen and oxygen atoms in total. The standard InChI is InChI=1S/C16H13BrN2O2.C7H16N2O/c1-8-7-18-14(15(8)9(2)20)6-12-11-5-10(17)3-4-13(11)19-16(12)21;8-2-1-3-9-4-6-10-7-5-9/h3-7,18H,1-2H3,(H,19,21);1-8H2. The number of amides is 1. The molecule has 1 saturated heterocycles. The van der Waals surface area contributed by atoms with Crippen LogP contribution in [0.1, 0.15) is 40.5 Å². The van der Waals surface area contributed by atoms with Gasteiger partial charge in [0.1, 0.15) is 0 Å². The van der Waals surface area contributed by atoms with E-state index in [0.717, 1.165) is 67.1 Å². The van der Waals surface area contributed by atoms with E-state index in [1.807, 2.05) is 25.1 Å². The molecule has 4 rings (SSSR count). The smallest absolute Gasteiger partial charge is 0.256 e. The van der Waals surface area contributed by atoms with Crippen LogP contribution in [0, 0.1) is 6.92 Å². The van der Waals surface area contributed by atoms with Gasteiger partial charge in [-0.3, -0.25) is 14.5 Å². The average Bonchev–Trinajstić information content (AvgIpc) is 3.27. The Balaban J connectivity index is 0.000000229. The summed E-state index contributed by atoms with van der Waals surface area (Å²) in [6, 6.07) is 5.62. The zero-order valence-electron chi connectivity index (χ0n) is 18.0. The predicted octanol–water partition coefficient (Wildman–Crippen LogP) is 3.45. The number of nitrogens with two attached hydrogens (primary N) is 1. The molecule has 0 radical (unpaired) electrons. The Morgan fingerprint density at radius 3 is 2.74 bits per heavy atom. The van der Waals surface area contributed by atoms with Crippen molar-refractivity contribution in [2.24, 2.45) is 5.73 Å². The number of morpholine rings is 1. The largest absolute Gasteiger partial charge is 0.379 e. The molecule has 1 aromatic heterocycles. The van der Waals surface area contributed by atoms with Crippen molar-refractivity contribution in [2.75, 3.05) is 44.7 Å². The number of anilines is 1. The lowest BCUT2D eigenvalue weighted by Gasteiger charge is -2.26. The summed E-state index contributed by atoms with van der Waals surface area (Å²) in [4.78, 5) is 29.3. The number of aromatic amines is 1. The first-order valence-corrected chi connectivity index (χ1v) is 11.2. The second-order valence-corrected chi connectivity index (χ2v) is 8.53. The third kappa shape index (κ3) is 5.92. The SMILES string of the molecule is CC(=O)c1c(C)c[nH]c1C=C1C(=O)Nc2ccc(Br)cc21.NCCCN1CCOCC1. The number of nitrogens with zero attached hydrogens (tertiary/aromatic N) is 1. The number of carbonyl (C=O) groups is 2. The maximum absolute atomic E-state index is 12.1. The molecule has 0 bridgehead atoms. The van der Waals surface area contributed by atoms with Crippen LogP contribution >= 0.6 is 15.9 Å². The third-order valence-corrected chi connectivity index (χ3v) is 5.79. The molecule has 2 aliphatic heterocycles. The number of rotatable bonds is 5. The minimum Gasteiger partial charge on any atom is -0.379 e. The molecule has 1 amide bonds. The van der Waals surface area contributed by atoms with Gasteiger partial charge in [0.25, 0.3) is 5.91 Å². The Morgan fingerprint density at radius 1 is 1.32 bits per heavy atom. The molecule has 31 heavy (non-hydrogen) atoms. The molecular formula is C23H29BrN4O3. The van der Waals surface area contributed by atoms with Crippen LogP contribution in [0.25, 0.3) is 11.6 Å². The minimum atomic E-state index is -0.162. The van der Waals surface area contributed by atoms with E-state index in [9.17, 15) is 9.59 Å². The Morgan fingerprint density at radius 2 is 2.06 bits per heavy atom. The second-order valence-electron chi connectivity index (χ2n) is 7.61. The highest BCUT2D eigenvalue weighted by Crippen LogP contribution is 2.35. The van der Waals surface area contributed by atoms with Crippen LogP contribution < -0.4 is 11.1 Å². The molecule has 0 unspecified atom stereocenters. The first kappa shape index (κ1) is 23.4. The van der Waals surface area contributed by atoms with E-state index >= 15 is 0 Å². The van der Waals surface area contributed by atoms with E-state index in [1.165, 1.54) is 6.92 Å². The number of aryl methyl sites for hydroxylation is 1. The van der Waals surface area contributed by atoms with Crippen LogP contribution in [0.5, 0.6) is 0 Å². The molecule has 0 spiro atoms. The van der Waals surface area contributed by atoms with Crippen molar-refractivity contribution in [1.82, 2.24) is 9.88 Å². The van der Waals surface area contributed by atoms with Crippen molar-refractivity contribution in [3.63, 3.8) is 0 Å². The maximum atomic E-state index is 12.1. The molecule has 0 aliphatic carbocycles. The summed E-state index contributed by atoms with van der Waals surface area (Å²) in [5, 5.41) is 2.82. The number of aromatic nitrogens is 1. The summed E-state index contributed by atoms with van der Waals surface area (Å²) >= 11 is 3.41. The van der Waals surface area contributed by atoms with Crippen molar-refractivity contribution in [3.8, 4) is 0 Å². The number of hydrogen-bond acceptors (Lipinski definition) is 5. The van der Waals surface area contributed by atoms with Crippen molar-refractivity contribution < 1.29 is 14.3 Å². The van der Waals surface area contributed by atoms with E-state index in [2.05, 4.69) is 31.1 Å². The number of Topliss-reactive ketones (excluding diaryl/α,β-unsaturated/α-hetero) is 1. The summed E-state index contributed by atoms with van der Waals surface area (Å²) in [6.45, 7) is 9.29. The van der Waals surface area contributed by atoms with E-state index in [0.29, 0.717) is 16.8 Å². The quantitative estimate of drug-likeness (QED) is 0.441. The van der Waals surface area contributed by atoms with Gasteiger partial charge in [0.05, 0.1) is 24.5 Å². The maximum Gasteiger partial charge on any atom is 0.256 e. The van der Waals surface area contributed by atoms with Gasteiger partial charge in [-0.1, -0.05) is 15.9 Å². The summed E-state index contributed by atoms with van der Waals surface area (Å²) in [5.74, 6) is -0.182. The van der Waals surface area contributed by atoms with Crippen LogP contribution in [0.3, 0.4) is 0 Å². The van der Waals surface area contributed by atoms with Crippen LogP contribution in [0.4, 0.5) is 5.69 Å². The molecule has 4 N–H and O–H groups in total. The van der Waals surface area contributed by atoms with Gasteiger partial charge in [-0.25, -0.2) is 0 Å². The molecule has 0 atom stereocenters. The number of hydrogen-bond donors (Lipinski definition) is 3. The number of H-pyrrole nitrogens is 1. The molecule has 166 valence electrons. The zero-order chi connectivity index (χ0) is 22.4. The highest BCUT2D eigenvalue weighted by atomic mass is 79.9. The van der Waals surface area contributed by atoms with Crippen LogP contribution in [-0.2, 0) is 9.53 Å². The molecule has 2 aromatic rings. The van der Waals surface area contributed by atoms with E-state index in [1.54, 1.807) is 12.3 Å². The first-order chi connectivity index (χ1) is 14.9. The van der Waals surface area contributed by atoms with Gasteiger partial charge in [0.2, 0.25) is 0 Å². The minimum absolute atomic E-state index is 0.0199. The molecule has 3 heterocycles. The normalized spacial score (nSPS) is 17.2. The lowest BCUT2D eigenvalue weighted by atomic mass is 10.0. The molecule has 8 heteroatoms. The number of nitrogens with one attached hydrogen (secondary N) is 2. The number of ketones is 1. The fourth-order valence-electron chi connectivity index (χ4n) is 3.71. The molecule has 1 aromatic carbocycles. The van der Waals surface area contributed by atoms with E-state index in [4.69, 9.17) is 10.5 Å². The molecule has 0 saturated carbocycles. The lowest BCUT2D eigenvalue weighted by molar-refractivity contribution is -0.110. The van der Waals surface area contributed by atoms with Gasteiger partial charge in [-0.15, -0.1) is 0 Å². The number of halogens is 1. The number of benzene rings is 1. The molecule has 2 aliphatic rings. The van der Waals surface area contributed by atoms with Crippen LogP contribution in [0.15, 0.2) is 28.9 Å². The predicted molar refractivity (Wildman–Crippen MR) is 127 cm³/mol. The van der Waals surface area contributed by atoms with Crippen molar-refractivity contribution in [2.45, 2.75) is 20.3 Å². The zero-order valence-corrected chi connectivity index (χ0v) is 19.5. The lowest BCUT2D eigenvalue weighted by Crippen LogP contribution is -2.37. The Kier molecular flexibility index (Phi) is 8.20. The highest BCUT2D eigenvalue weighted by molar-refractivity contribution is 9.10. The average molecular weight is 489 g/mol. The van der Waals surface area contributed by atoms with Crippen LogP contribution in [0.2, 0.25) is 0 Å². The van der Waals surface area contributed by atoms with Gasteiger partial charge in [0, 0.05) is 40.6 Å². The van der Waals surface area contributed by atoms with Crippen molar-refractivity contribution in [1.29, 1.82) is 0 Å². The van der Waals surface area contributed by atoms with Gasteiger partial charge in [-0.05, 0) is 63.2 Å². The van der Waals surface area contributed by atoms with Gasteiger partial charge in [-0.2, -0.15) is 0 Å². The van der Waals surface area contributed by atoms with Crippen molar-refractivity contribution in [3.05, 3.63) is 51.3 Å². The summed E-state index contributed by atoms with van der Waals surface area (Å²) in [6.07, 6.45) is 4.62. The van der Waals surface area contributed by atoms with E-state index in [-0.39, 0.29) is 11.7 Å². The summed E-state index contributed by atoms with van der Waals surface area (Å²) < 4.78 is 6.11. The molecule has 1 fully saturated rings. The second kappa shape index (κ2) is 10.9. The van der Waals surface area contributed by atoms with Crippen LogP contribution in [-0.4, -0.2) is 61.0 Å². The van der Waals surface area contributed by atoms with Gasteiger partial charge in [0.15, 0.2) is 5.78 Å². The Hall–Kier alpha value is -2.26. The van der Waals surface area contributed by atoms with Crippen molar-refractivity contribution >= 4 is 45.0 Å². The fraction of sp³-hybridized carbons (Fsp3) is 0.391. The monoisotopic (exact) mass is 488 g/mol. The summed E-state index contributed by atoms with van der Waals surface area (Å²) in [5.41, 5.74) is 9.71. The highest BCUT2D eigenvalue weighted by Gasteiger charge is 2.25. The number of ether oxygens (including phenoxy) is 1. The Bertz CT molecular complexity index is 977. The third-order valence-electron chi connectivity index (χ3n) is 5.30. The fourth-order valence-corrected chi connectivity index (χ4v) is 4.07. The number of carbonyl (C=O) groups excluding carboxylic acids is 2.